The van der Waals surface area contributed by atoms with Gasteiger partial charge in [0.25, 0.3) is 5.91 Å². The van der Waals surface area contributed by atoms with Crippen LogP contribution in [0.2, 0.25) is 0 Å². The van der Waals surface area contributed by atoms with Crippen LogP contribution in [0.15, 0.2) is 72.8 Å². The molecule has 5 rings (SSSR count). The molecule has 2 aliphatic rings. The third kappa shape index (κ3) is 5.18. The normalized spacial score (nSPS) is 16.3. The van der Waals surface area contributed by atoms with Crippen LogP contribution in [0.4, 0.5) is 5.69 Å². The summed E-state index contributed by atoms with van der Waals surface area (Å²) in [6, 6.07) is 25.1. The first-order valence-corrected chi connectivity index (χ1v) is 12.0. The molecule has 1 saturated heterocycles. The van der Waals surface area contributed by atoms with Crippen LogP contribution >= 0.6 is 0 Å². The second-order valence-corrected chi connectivity index (χ2v) is 8.98. The first-order valence-electron chi connectivity index (χ1n) is 12.0. The Kier molecular flexibility index (Phi) is 6.67. The van der Waals surface area contributed by atoms with Gasteiger partial charge >= 0.3 is 0 Å². The molecule has 1 fully saturated rings. The fraction of sp³-hybridized carbons (Fsp3) is 0.321. The highest BCUT2D eigenvalue weighted by molar-refractivity contribution is 5.94. The van der Waals surface area contributed by atoms with E-state index in [4.69, 9.17) is 9.47 Å². The van der Waals surface area contributed by atoms with Crippen molar-refractivity contribution in [2.24, 2.45) is 0 Å². The maximum absolute atomic E-state index is 12.6. The Bertz CT molecular complexity index is 1110. The van der Waals surface area contributed by atoms with E-state index in [1.807, 2.05) is 30.3 Å². The van der Waals surface area contributed by atoms with Gasteiger partial charge in [0.1, 0.15) is 0 Å². The summed E-state index contributed by atoms with van der Waals surface area (Å²) in [7, 11) is 0. The molecule has 0 aliphatic carbocycles. The number of hydrogen-bond donors (Lipinski definition) is 2. The van der Waals surface area contributed by atoms with Gasteiger partial charge in [-0.05, 0) is 67.3 Å². The van der Waals surface area contributed by atoms with Crippen molar-refractivity contribution in [3.8, 4) is 11.5 Å². The Labute approximate surface area is 200 Å². The van der Waals surface area contributed by atoms with Crippen molar-refractivity contribution < 1.29 is 14.3 Å². The van der Waals surface area contributed by atoms with Crippen molar-refractivity contribution in [3.05, 3.63) is 89.5 Å². The van der Waals surface area contributed by atoms with E-state index in [2.05, 4.69) is 64.9 Å². The first kappa shape index (κ1) is 22.3. The molecule has 0 spiro atoms. The summed E-state index contributed by atoms with van der Waals surface area (Å²) in [5.41, 5.74) is 4.14. The van der Waals surface area contributed by atoms with Crippen molar-refractivity contribution in [3.63, 3.8) is 0 Å². The highest BCUT2D eigenvalue weighted by Gasteiger charge is 2.21. The summed E-state index contributed by atoms with van der Waals surface area (Å²) in [5.74, 6) is 1.39. The van der Waals surface area contributed by atoms with Crippen LogP contribution in [0.25, 0.3) is 0 Å². The Hall–Kier alpha value is -3.51. The van der Waals surface area contributed by atoms with Crippen molar-refractivity contribution in [1.29, 1.82) is 0 Å². The Morgan fingerprint density at radius 3 is 2.47 bits per heavy atom. The number of ether oxygens (including phenoxy) is 2. The molecule has 176 valence electrons. The first-order chi connectivity index (χ1) is 16.7. The molecular weight excluding hydrogens is 426 g/mol. The summed E-state index contributed by atoms with van der Waals surface area (Å²) in [5, 5.41) is 6.76. The van der Waals surface area contributed by atoms with Crippen molar-refractivity contribution >= 4 is 11.6 Å². The van der Waals surface area contributed by atoms with Crippen LogP contribution in [0.1, 0.15) is 47.3 Å². The number of rotatable bonds is 7. The van der Waals surface area contributed by atoms with Gasteiger partial charge in [0.05, 0.1) is 0 Å². The predicted molar refractivity (Wildman–Crippen MR) is 133 cm³/mol. The zero-order valence-corrected chi connectivity index (χ0v) is 19.5. The Balaban J connectivity index is 1.10. The van der Waals surface area contributed by atoms with E-state index in [9.17, 15) is 4.79 Å². The molecule has 3 aromatic carbocycles. The summed E-state index contributed by atoms with van der Waals surface area (Å²) in [4.78, 5) is 15.0. The standard InChI is InChI=1S/C28H31N3O3/c1-20(22-5-3-2-4-6-22)30-24-13-15-31(16-14-24)25-10-8-23(9-11-25)28(32)29-18-21-7-12-26-27(17-21)34-19-33-26/h2-12,17,20,24,30H,13-16,18-19H2,1H3,(H,29,32)/t20-/m0/s1. The number of fused-ring (bicyclic) bond motifs is 1. The largest absolute Gasteiger partial charge is 0.454 e. The third-order valence-electron chi connectivity index (χ3n) is 6.66. The zero-order chi connectivity index (χ0) is 23.3. The van der Waals surface area contributed by atoms with E-state index in [0.717, 1.165) is 43.0 Å². The van der Waals surface area contributed by atoms with Gasteiger partial charge in [0.15, 0.2) is 11.5 Å². The lowest BCUT2D eigenvalue weighted by Gasteiger charge is -2.35. The van der Waals surface area contributed by atoms with Crippen molar-refractivity contribution in [2.75, 3.05) is 24.8 Å². The van der Waals surface area contributed by atoms with E-state index in [1.54, 1.807) is 0 Å². The summed E-state index contributed by atoms with van der Waals surface area (Å²) in [6.07, 6.45) is 2.21. The van der Waals surface area contributed by atoms with Gasteiger partial charge in [-0.2, -0.15) is 0 Å². The highest BCUT2D eigenvalue weighted by atomic mass is 16.7. The molecule has 1 amide bonds. The quantitative estimate of drug-likeness (QED) is 0.540. The number of benzene rings is 3. The van der Waals surface area contributed by atoms with Crippen LogP contribution in [0.3, 0.4) is 0 Å². The number of nitrogens with one attached hydrogen (secondary N) is 2. The predicted octanol–water partition coefficient (Wildman–Crippen LogP) is 4.66. The second-order valence-electron chi connectivity index (χ2n) is 8.98. The number of nitrogens with zero attached hydrogens (tertiary/aromatic N) is 1. The SMILES string of the molecule is C[C@H](NC1CCN(c2ccc(C(=O)NCc3ccc4c(c3)OCO4)cc2)CC1)c1ccccc1. The molecule has 3 aromatic rings. The molecule has 6 nitrogen and oxygen atoms in total. The van der Waals surface area contributed by atoms with Crippen LogP contribution in [0, 0.1) is 0 Å². The highest BCUT2D eigenvalue weighted by Crippen LogP contribution is 2.32. The van der Waals surface area contributed by atoms with Crippen LogP contribution in [-0.2, 0) is 6.54 Å². The molecule has 0 unspecified atom stereocenters. The van der Waals surface area contributed by atoms with Crippen LogP contribution in [0.5, 0.6) is 11.5 Å². The monoisotopic (exact) mass is 457 g/mol. The maximum atomic E-state index is 12.6. The molecule has 34 heavy (non-hydrogen) atoms. The average Bonchev–Trinajstić information content (AvgIpc) is 3.36. The molecule has 0 saturated carbocycles. The smallest absolute Gasteiger partial charge is 0.251 e. The summed E-state index contributed by atoms with van der Waals surface area (Å²) < 4.78 is 10.7. The fourth-order valence-corrected chi connectivity index (χ4v) is 4.65. The minimum Gasteiger partial charge on any atom is -0.454 e. The van der Waals surface area contributed by atoms with E-state index in [1.165, 1.54) is 11.3 Å². The lowest BCUT2D eigenvalue weighted by atomic mass is 10.0. The maximum Gasteiger partial charge on any atom is 0.251 e. The van der Waals surface area contributed by atoms with E-state index >= 15 is 0 Å². The molecule has 0 aromatic heterocycles. The number of amides is 1. The Morgan fingerprint density at radius 1 is 0.971 bits per heavy atom. The van der Waals surface area contributed by atoms with Gasteiger partial charge in [0, 0.05) is 43.0 Å². The lowest BCUT2D eigenvalue weighted by molar-refractivity contribution is 0.0951. The number of hydrogen-bond acceptors (Lipinski definition) is 5. The molecule has 1 atom stereocenters. The fourth-order valence-electron chi connectivity index (χ4n) is 4.65. The number of carbonyl (C=O) groups excluding carboxylic acids is 1. The molecule has 6 heteroatoms. The van der Waals surface area contributed by atoms with Crippen LogP contribution in [-0.4, -0.2) is 31.8 Å². The number of carbonyl (C=O) groups is 1. The van der Waals surface area contributed by atoms with Gasteiger partial charge < -0.3 is 25.0 Å². The van der Waals surface area contributed by atoms with Gasteiger partial charge in [-0.15, -0.1) is 0 Å². The summed E-state index contributed by atoms with van der Waals surface area (Å²) >= 11 is 0. The third-order valence-corrected chi connectivity index (χ3v) is 6.66. The van der Waals surface area contributed by atoms with Gasteiger partial charge in [-0.3, -0.25) is 4.79 Å². The molecule has 2 aliphatic heterocycles. The van der Waals surface area contributed by atoms with Gasteiger partial charge in [0.2, 0.25) is 6.79 Å². The number of anilines is 1. The molecule has 0 radical (unpaired) electrons. The van der Waals surface area contributed by atoms with Crippen LogP contribution < -0.4 is 25.0 Å². The van der Waals surface area contributed by atoms with Crippen molar-refractivity contribution in [1.82, 2.24) is 10.6 Å². The van der Waals surface area contributed by atoms with Crippen molar-refractivity contribution in [2.45, 2.75) is 38.4 Å². The van der Waals surface area contributed by atoms with E-state index < -0.39 is 0 Å². The topological polar surface area (TPSA) is 62.8 Å². The zero-order valence-electron chi connectivity index (χ0n) is 19.5. The summed E-state index contributed by atoms with van der Waals surface area (Å²) in [6.45, 7) is 4.94. The molecule has 2 N–H and O–H groups in total. The molecule has 2 heterocycles. The number of piperidine rings is 1. The Morgan fingerprint density at radius 2 is 1.71 bits per heavy atom. The average molecular weight is 458 g/mol. The molecular formula is C28H31N3O3. The minimum absolute atomic E-state index is 0.0815. The van der Waals surface area contributed by atoms with E-state index in [-0.39, 0.29) is 12.7 Å². The van der Waals surface area contributed by atoms with E-state index in [0.29, 0.717) is 24.2 Å². The van der Waals surface area contributed by atoms with Gasteiger partial charge in [-0.1, -0.05) is 36.4 Å². The lowest BCUT2D eigenvalue weighted by Crippen LogP contribution is -2.43. The molecule has 0 bridgehead atoms. The minimum atomic E-state index is -0.0815. The second kappa shape index (κ2) is 10.2. The van der Waals surface area contributed by atoms with Gasteiger partial charge in [-0.25, -0.2) is 0 Å².